The fraction of sp³-hybridized carbons (Fsp3) is 0.333. The SMILES string of the molecule is Cc1nc(-c2cccc(C(=O)NCCCCN)c2)cs1.Cl.Cl. The number of rotatable bonds is 6. The number of hydrogen-bond donors (Lipinski definition) is 2. The molecule has 0 aliphatic heterocycles. The largest absolute Gasteiger partial charge is 0.352 e. The van der Waals surface area contributed by atoms with Crippen molar-refractivity contribution in [2.45, 2.75) is 19.8 Å². The van der Waals surface area contributed by atoms with Crippen LogP contribution in [0.3, 0.4) is 0 Å². The Bertz CT molecular complexity index is 590. The zero-order valence-corrected chi connectivity index (χ0v) is 14.8. The van der Waals surface area contributed by atoms with Gasteiger partial charge in [0.2, 0.25) is 0 Å². The van der Waals surface area contributed by atoms with Crippen molar-refractivity contribution in [3.05, 3.63) is 40.2 Å². The topological polar surface area (TPSA) is 68.0 Å². The summed E-state index contributed by atoms with van der Waals surface area (Å²) in [6.07, 6.45) is 1.84. The summed E-state index contributed by atoms with van der Waals surface area (Å²) in [4.78, 5) is 16.5. The number of hydrogen-bond acceptors (Lipinski definition) is 4. The summed E-state index contributed by atoms with van der Waals surface area (Å²) in [5.41, 5.74) is 7.99. The summed E-state index contributed by atoms with van der Waals surface area (Å²) in [5.74, 6) is -0.0455. The molecule has 22 heavy (non-hydrogen) atoms. The molecule has 0 unspecified atom stereocenters. The monoisotopic (exact) mass is 361 g/mol. The molecule has 0 aliphatic carbocycles. The van der Waals surface area contributed by atoms with Gasteiger partial charge >= 0.3 is 0 Å². The number of unbranched alkanes of at least 4 members (excludes halogenated alkanes) is 1. The molecule has 0 aliphatic rings. The van der Waals surface area contributed by atoms with Gasteiger partial charge in [0, 0.05) is 23.1 Å². The highest BCUT2D eigenvalue weighted by atomic mass is 35.5. The van der Waals surface area contributed by atoms with Gasteiger partial charge in [-0.25, -0.2) is 4.98 Å². The second-order valence-corrected chi connectivity index (χ2v) is 5.65. The maximum atomic E-state index is 12.0. The van der Waals surface area contributed by atoms with Crippen LogP contribution in [-0.2, 0) is 0 Å². The third-order valence-electron chi connectivity index (χ3n) is 2.96. The van der Waals surface area contributed by atoms with Crippen LogP contribution in [0.15, 0.2) is 29.6 Å². The van der Waals surface area contributed by atoms with Gasteiger partial charge in [-0.1, -0.05) is 12.1 Å². The Hall–Kier alpha value is -1.14. The lowest BCUT2D eigenvalue weighted by atomic mass is 10.1. The molecule has 7 heteroatoms. The van der Waals surface area contributed by atoms with E-state index in [0.717, 1.165) is 29.1 Å². The Morgan fingerprint density at radius 1 is 1.32 bits per heavy atom. The van der Waals surface area contributed by atoms with Crippen LogP contribution in [0.4, 0.5) is 0 Å². The summed E-state index contributed by atoms with van der Waals surface area (Å²) in [5, 5.41) is 5.94. The number of halogens is 2. The second-order valence-electron chi connectivity index (χ2n) is 4.58. The van der Waals surface area contributed by atoms with Crippen molar-refractivity contribution in [2.24, 2.45) is 5.73 Å². The molecule has 0 bridgehead atoms. The molecule has 1 amide bonds. The van der Waals surface area contributed by atoms with E-state index in [0.29, 0.717) is 18.7 Å². The van der Waals surface area contributed by atoms with E-state index < -0.39 is 0 Å². The normalized spacial score (nSPS) is 9.55. The Labute approximate surface area is 147 Å². The molecule has 122 valence electrons. The van der Waals surface area contributed by atoms with Gasteiger partial charge < -0.3 is 11.1 Å². The van der Waals surface area contributed by atoms with Gasteiger partial charge in [-0.3, -0.25) is 4.79 Å². The minimum Gasteiger partial charge on any atom is -0.352 e. The maximum Gasteiger partial charge on any atom is 0.251 e. The number of carbonyl (C=O) groups is 1. The van der Waals surface area contributed by atoms with Gasteiger partial charge in [-0.05, 0) is 38.4 Å². The fourth-order valence-corrected chi connectivity index (χ4v) is 2.51. The predicted molar refractivity (Wildman–Crippen MR) is 97.4 cm³/mol. The lowest BCUT2D eigenvalue weighted by Crippen LogP contribution is -2.24. The predicted octanol–water partition coefficient (Wildman–Crippen LogP) is 3.43. The Kier molecular flexibility index (Phi) is 10.0. The number of thiazole rings is 1. The molecule has 0 spiro atoms. The van der Waals surface area contributed by atoms with Crippen LogP contribution in [0.25, 0.3) is 11.3 Å². The zero-order valence-electron chi connectivity index (χ0n) is 12.4. The quantitative estimate of drug-likeness (QED) is 0.774. The van der Waals surface area contributed by atoms with E-state index in [2.05, 4.69) is 10.3 Å². The van der Waals surface area contributed by atoms with Gasteiger partial charge in [-0.2, -0.15) is 0 Å². The van der Waals surface area contributed by atoms with Crippen molar-refractivity contribution in [1.29, 1.82) is 0 Å². The number of nitrogens with zero attached hydrogens (tertiary/aromatic N) is 1. The standard InChI is InChI=1S/C15H19N3OS.2ClH/c1-11-18-14(10-20-11)12-5-4-6-13(9-12)15(19)17-8-3-2-7-16;;/h4-6,9-10H,2-3,7-8,16H2,1H3,(H,17,19);2*1H. The van der Waals surface area contributed by atoms with Crippen LogP contribution >= 0.6 is 36.2 Å². The number of nitrogens with one attached hydrogen (secondary N) is 1. The molecule has 0 radical (unpaired) electrons. The van der Waals surface area contributed by atoms with Crippen LogP contribution in [0, 0.1) is 6.92 Å². The first kappa shape index (κ1) is 20.9. The molecule has 0 fully saturated rings. The number of amides is 1. The zero-order chi connectivity index (χ0) is 14.4. The fourth-order valence-electron chi connectivity index (χ4n) is 1.89. The molecule has 3 N–H and O–H groups in total. The molecule has 0 saturated heterocycles. The van der Waals surface area contributed by atoms with Crippen molar-refractivity contribution < 1.29 is 4.79 Å². The molecular weight excluding hydrogens is 341 g/mol. The van der Waals surface area contributed by atoms with E-state index in [1.54, 1.807) is 11.3 Å². The number of nitrogens with two attached hydrogens (primary N) is 1. The van der Waals surface area contributed by atoms with E-state index in [1.807, 2.05) is 36.6 Å². The summed E-state index contributed by atoms with van der Waals surface area (Å²) in [6, 6.07) is 7.56. The number of aryl methyl sites for hydroxylation is 1. The van der Waals surface area contributed by atoms with E-state index in [9.17, 15) is 4.79 Å². The Morgan fingerprint density at radius 3 is 2.73 bits per heavy atom. The average molecular weight is 362 g/mol. The number of benzene rings is 1. The molecule has 2 rings (SSSR count). The van der Waals surface area contributed by atoms with Crippen LogP contribution in [0.5, 0.6) is 0 Å². The van der Waals surface area contributed by atoms with Crippen molar-refractivity contribution in [1.82, 2.24) is 10.3 Å². The first-order valence-corrected chi connectivity index (χ1v) is 7.59. The third-order valence-corrected chi connectivity index (χ3v) is 3.73. The van der Waals surface area contributed by atoms with Gasteiger partial charge in [0.1, 0.15) is 0 Å². The number of carbonyl (C=O) groups excluding carboxylic acids is 1. The van der Waals surface area contributed by atoms with Crippen molar-refractivity contribution in [3.8, 4) is 11.3 Å². The number of aromatic nitrogens is 1. The highest BCUT2D eigenvalue weighted by Gasteiger charge is 2.08. The van der Waals surface area contributed by atoms with Crippen LogP contribution in [0.2, 0.25) is 0 Å². The summed E-state index contributed by atoms with van der Waals surface area (Å²) < 4.78 is 0. The van der Waals surface area contributed by atoms with E-state index in [-0.39, 0.29) is 30.7 Å². The van der Waals surface area contributed by atoms with Gasteiger partial charge in [-0.15, -0.1) is 36.2 Å². The Morgan fingerprint density at radius 2 is 2.09 bits per heavy atom. The third kappa shape index (κ3) is 5.93. The molecule has 1 aromatic heterocycles. The van der Waals surface area contributed by atoms with Crippen LogP contribution in [-0.4, -0.2) is 24.0 Å². The summed E-state index contributed by atoms with van der Waals surface area (Å²) in [7, 11) is 0. The van der Waals surface area contributed by atoms with Gasteiger partial charge in [0.25, 0.3) is 5.91 Å². The van der Waals surface area contributed by atoms with E-state index in [1.165, 1.54) is 0 Å². The van der Waals surface area contributed by atoms with Crippen molar-refractivity contribution >= 4 is 42.1 Å². The van der Waals surface area contributed by atoms with E-state index >= 15 is 0 Å². The lowest BCUT2D eigenvalue weighted by molar-refractivity contribution is 0.0953. The first-order chi connectivity index (χ1) is 9.70. The van der Waals surface area contributed by atoms with Gasteiger partial charge in [0.05, 0.1) is 10.7 Å². The molecular formula is C15H21Cl2N3OS. The highest BCUT2D eigenvalue weighted by Crippen LogP contribution is 2.22. The Balaban J connectivity index is 0.00000220. The van der Waals surface area contributed by atoms with E-state index in [4.69, 9.17) is 5.73 Å². The van der Waals surface area contributed by atoms with Crippen LogP contribution in [0.1, 0.15) is 28.2 Å². The van der Waals surface area contributed by atoms with Gasteiger partial charge in [0.15, 0.2) is 0 Å². The molecule has 1 aromatic carbocycles. The second kappa shape index (κ2) is 10.6. The lowest BCUT2D eigenvalue weighted by Gasteiger charge is -2.06. The maximum absolute atomic E-state index is 12.0. The molecule has 0 atom stereocenters. The molecule has 4 nitrogen and oxygen atoms in total. The minimum atomic E-state index is -0.0455. The van der Waals surface area contributed by atoms with Crippen molar-refractivity contribution in [3.63, 3.8) is 0 Å². The summed E-state index contributed by atoms with van der Waals surface area (Å²) >= 11 is 1.61. The molecule has 2 aromatic rings. The summed E-state index contributed by atoms with van der Waals surface area (Å²) in [6.45, 7) is 3.30. The molecule has 0 saturated carbocycles. The first-order valence-electron chi connectivity index (χ1n) is 6.71. The van der Waals surface area contributed by atoms with Crippen LogP contribution < -0.4 is 11.1 Å². The average Bonchev–Trinajstić information content (AvgIpc) is 2.90. The highest BCUT2D eigenvalue weighted by molar-refractivity contribution is 7.09. The van der Waals surface area contributed by atoms with Crippen molar-refractivity contribution in [2.75, 3.05) is 13.1 Å². The smallest absolute Gasteiger partial charge is 0.251 e. The molecule has 1 heterocycles. The minimum absolute atomic E-state index is 0.